The summed E-state index contributed by atoms with van der Waals surface area (Å²) in [6, 6.07) is 5.88. The molecule has 1 rings (SSSR count). The molecular weight excluding hydrogens is 236 g/mol. The first-order chi connectivity index (χ1) is 7.86. The highest BCUT2D eigenvalue weighted by Gasteiger charge is 2.27. The van der Waals surface area contributed by atoms with Gasteiger partial charge in [-0.05, 0) is 44.5 Å². The maximum atomic E-state index is 11.0. The Kier molecular flexibility index (Phi) is 4.46. The van der Waals surface area contributed by atoms with E-state index in [0.29, 0.717) is 5.75 Å². The Morgan fingerprint density at radius 1 is 1.47 bits per heavy atom. The Hall–Kier alpha value is -1.16. The second-order valence-corrected chi connectivity index (χ2v) is 5.66. The predicted octanol–water partition coefficient (Wildman–Crippen LogP) is 3.21. The third-order valence-electron chi connectivity index (χ3n) is 2.54. The summed E-state index contributed by atoms with van der Waals surface area (Å²) in [5.41, 5.74) is 0.351. The third-order valence-corrected chi connectivity index (χ3v) is 4.00. The quantitative estimate of drug-likeness (QED) is 0.820. The number of hydrogen-bond donors (Lipinski definition) is 1. The number of carboxylic acid groups (broad SMARTS) is 1. The van der Waals surface area contributed by atoms with Crippen LogP contribution in [0.15, 0.2) is 23.1 Å². The van der Waals surface area contributed by atoms with Crippen molar-refractivity contribution in [3.05, 3.63) is 23.8 Å². The van der Waals surface area contributed by atoms with E-state index in [9.17, 15) is 4.79 Å². The maximum absolute atomic E-state index is 11.0. The highest BCUT2D eigenvalue weighted by atomic mass is 32.2. The lowest BCUT2D eigenvalue weighted by molar-refractivity contribution is -0.145. The number of carbonyl (C=O) groups is 1. The second kappa shape index (κ2) is 5.45. The van der Waals surface area contributed by atoms with Crippen LogP contribution in [0.25, 0.3) is 0 Å². The Balaban J connectivity index is 2.71. The van der Waals surface area contributed by atoms with Gasteiger partial charge in [0.1, 0.15) is 5.75 Å². The van der Waals surface area contributed by atoms with E-state index in [4.69, 9.17) is 9.84 Å². The lowest BCUT2D eigenvalue weighted by Crippen LogP contribution is -2.26. The van der Waals surface area contributed by atoms with Gasteiger partial charge in [0.2, 0.25) is 0 Å². The monoisotopic (exact) mass is 254 g/mol. The van der Waals surface area contributed by atoms with E-state index in [1.54, 1.807) is 32.7 Å². The van der Waals surface area contributed by atoms with E-state index in [1.807, 2.05) is 25.1 Å². The van der Waals surface area contributed by atoms with Gasteiger partial charge in [-0.2, -0.15) is 0 Å². The minimum Gasteiger partial charge on any atom is -0.496 e. The molecule has 0 aliphatic heterocycles. The summed E-state index contributed by atoms with van der Waals surface area (Å²) in [7, 11) is 1.64. The second-order valence-electron chi connectivity index (χ2n) is 4.61. The van der Waals surface area contributed by atoms with Crippen molar-refractivity contribution >= 4 is 17.7 Å². The number of benzene rings is 1. The Labute approximate surface area is 106 Å². The first-order valence-corrected chi connectivity index (χ1v) is 6.36. The van der Waals surface area contributed by atoms with Crippen LogP contribution in [0, 0.1) is 12.3 Å². The number of thioether (sulfide) groups is 1. The third kappa shape index (κ3) is 3.66. The average Bonchev–Trinajstić information content (AvgIpc) is 2.26. The van der Waals surface area contributed by atoms with Crippen molar-refractivity contribution in [1.29, 1.82) is 0 Å². The van der Waals surface area contributed by atoms with Gasteiger partial charge in [-0.25, -0.2) is 0 Å². The minimum absolute atomic E-state index is 0.550. The molecule has 94 valence electrons. The molecular formula is C13H18O3S. The lowest BCUT2D eigenvalue weighted by Gasteiger charge is -2.18. The van der Waals surface area contributed by atoms with E-state index in [0.717, 1.165) is 16.2 Å². The molecule has 0 fully saturated rings. The molecule has 0 saturated carbocycles. The van der Waals surface area contributed by atoms with Crippen LogP contribution in [-0.4, -0.2) is 23.9 Å². The molecule has 0 saturated heterocycles. The smallest absolute Gasteiger partial charge is 0.309 e. The number of ether oxygens (including phenoxy) is 1. The van der Waals surface area contributed by atoms with E-state index in [1.165, 1.54) is 0 Å². The number of carboxylic acids is 1. The van der Waals surface area contributed by atoms with Crippen LogP contribution in [0.3, 0.4) is 0 Å². The zero-order valence-corrected chi connectivity index (χ0v) is 11.4. The number of aryl methyl sites for hydroxylation is 1. The van der Waals surface area contributed by atoms with Gasteiger partial charge in [0.25, 0.3) is 0 Å². The zero-order chi connectivity index (χ0) is 13.1. The number of rotatable bonds is 5. The number of aliphatic carboxylic acids is 1. The van der Waals surface area contributed by atoms with Crippen LogP contribution in [-0.2, 0) is 4.79 Å². The summed E-state index contributed by atoms with van der Waals surface area (Å²) >= 11 is 1.55. The molecule has 0 amide bonds. The fraction of sp³-hybridized carbons (Fsp3) is 0.462. The van der Waals surface area contributed by atoms with Crippen LogP contribution >= 0.6 is 11.8 Å². The molecule has 0 heterocycles. The van der Waals surface area contributed by atoms with Crippen molar-refractivity contribution in [1.82, 2.24) is 0 Å². The van der Waals surface area contributed by atoms with E-state index >= 15 is 0 Å². The summed E-state index contributed by atoms with van der Waals surface area (Å²) < 4.78 is 5.18. The summed E-state index contributed by atoms with van der Waals surface area (Å²) in [4.78, 5) is 12.0. The lowest BCUT2D eigenvalue weighted by atomic mass is 9.97. The molecule has 0 unspecified atom stereocenters. The van der Waals surface area contributed by atoms with Crippen LogP contribution in [0.2, 0.25) is 0 Å². The standard InChI is InChI=1S/C13H18O3S/c1-9-7-10(5-6-11(9)16-4)17-8-13(2,3)12(14)15/h5-7H,8H2,1-4H3,(H,14,15). The van der Waals surface area contributed by atoms with Crippen molar-refractivity contribution < 1.29 is 14.6 Å². The average molecular weight is 254 g/mol. The summed E-state index contributed by atoms with van der Waals surface area (Å²) in [5, 5.41) is 9.02. The molecule has 17 heavy (non-hydrogen) atoms. The van der Waals surface area contributed by atoms with Crippen LogP contribution in [0.1, 0.15) is 19.4 Å². The highest BCUT2D eigenvalue weighted by Crippen LogP contribution is 2.30. The van der Waals surface area contributed by atoms with Gasteiger partial charge in [-0.1, -0.05) is 0 Å². The highest BCUT2D eigenvalue weighted by molar-refractivity contribution is 7.99. The largest absolute Gasteiger partial charge is 0.496 e. The molecule has 1 aromatic rings. The van der Waals surface area contributed by atoms with Crippen LogP contribution in [0.4, 0.5) is 0 Å². The normalized spacial score (nSPS) is 11.3. The van der Waals surface area contributed by atoms with Crippen molar-refractivity contribution in [3.8, 4) is 5.75 Å². The first kappa shape index (κ1) is 13.9. The molecule has 1 aromatic carbocycles. The van der Waals surface area contributed by atoms with Gasteiger partial charge in [-0.3, -0.25) is 4.79 Å². The summed E-state index contributed by atoms with van der Waals surface area (Å²) in [6.07, 6.45) is 0. The van der Waals surface area contributed by atoms with Crippen molar-refractivity contribution in [2.75, 3.05) is 12.9 Å². The maximum Gasteiger partial charge on any atom is 0.309 e. The zero-order valence-electron chi connectivity index (χ0n) is 10.6. The van der Waals surface area contributed by atoms with Gasteiger partial charge < -0.3 is 9.84 Å². The van der Waals surface area contributed by atoms with Crippen molar-refractivity contribution in [3.63, 3.8) is 0 Å². The van der Waals surface area contributed by atoms with E-state index < -0.39 is 11.4 Å². The van der Waals surface area contributed by atoms with Crippen molar-refractivity contribution in [2.45, 2.75) is 25.7 Å². The predicted molar refractivity (Wildman–Crippen MR) is 69.9 cm³/mol. The molecule has 1 N–H and O–H groups in total. The molecule has 3 nitrogen and oxygen atoms in total. The summed E-state index contributed by atoms with van der Waals surface area (Å²) in [6.45, 7) is 5.45. The molecule has 0 radical (unpaired) electrons. The Bertz CT molecular complexity index is 413. The number of methoxy groups -OCH3 is 1. The van der Waals surface area contributed by atoms with Crippen molar-refractivity contribution in [2.24, 2.45) is 5.41 Å². The molecule has 0 aliphatic carbocycles. The number of hydrogen-bond acceptors (Lipinski definition) is 3. The molecule has 4 heteroatoms. The van der Waals surface area contributed by atoms with Crippen LogP contribution in [0.5, 0.6) is 5.75 Å². The molecule has 0 aliphatic rings. The molecule has 0 aromatic heterocycles. The summed E-state index contributed by atoms with van der Waals surface area (Å²) in [5.74, 6) is 0.635. The SMILES string of the molecule is COc1ccc(SCC(C)(C)C(=O)O)cc1C. The fourth-order valence-electron chi connectivity index (χ4n) is 1.27. The van der Waals surface area contributed by atoms with Crippen LogP contribution < -0.4 is 4.74 Å². The first-order valence-electron chi connectivity index (χ1n) is 5.37. The van der Waals surface area contributed by atoms with E-state index in [2.05, 4.69) is 0 Å². The topological polar surface area (TPSA) is 46.5 Å². The van der Waals surface area contributed by atoms with Gasteiger partial charge in [0.15, 0.2) is 0 Å². The molecule has 0 spiro atoms. The van der Waals surface area contributed by atoms with Gasteiger partial charge in [0.05, 0.1) is 12.5 Å². The van der Waals surface area contributed by atoms with Gasteiger partial charge >= 0.3 is 5.97 Å². The van der Waals surface area contributed by atoms with Gasteiger partial charge in [0, 0.05) is 10.6 Å². The van der Waals surface area contributed by atoms with Gasteiger partial charge in [-0.15, -0.1) is 11.8 Å². The minimum atomic E-state index is -0.768. The molecule has 0 bridgehead atoms. The Morgan fingerprint density at radius 2 is 2.12 bits per heavy atom. The fourth-order valence-corrected chi connectivity index (χ4v) is 2.34. The van der Waals surface area contributed by atoms with E-state index in [-0.39, 0.29) is 0 Å². The Morgan fingerprint density at radius 3 is 2.59 bits per heavy atom. The molecule has 0 atom stereocenters.